The molecule has 1 aromatic rings. The van der Waals surface area contributed by atoms with E-state index in [0.29, 0.717) is 18.4 Å². The van der Waals surface area contributed by atoms with Crippen LogP contribution in [-0.4, -0.2) is 41.3 Å². The standard InChI is InChI=1S/C20H20O8/c21-15-12-5-11-6-14-18(9-26-15)7-13(10-1-4-25-8-10)28-17(23)20(18,24)3-2-19(12,14)16(22)27-11/h1,4,8,11-14,24H,2-3,5-7,9H2/t11-,12+,13-,14-,18+,19+,20+/m0/s1. The summed E-state index contributed by atoms with van der Waals surface area (Å²) in [5.74, 6) is -2.48. The van der Waals surface area contributed by atoms with E-state index in [4.69, 9.17) is 18.6 Å². The van der Waals surface area contributed by atoms with Crippen LogP contribution in [0.4, 0.5) is 0 Å². The van der Waals surface area contributed by atoms with E-state index in [2.05, 4.69) is 0 Å². The van der Waals surface area contributed by atoms with E-state index in [-0.39, 0.29) is 43.9 Å². The zero-order chi connectivity index (χ0) is 19.3. The summed E-state index contributed by atoms with van der Waals surface area (Å²) in [5, 5.41) is 11.6. The molecule has 0 amide bonds. The lowest BCUT2D eigenvalue weighted by molar-refractivity contribution is -0.279. The smallest absolute Gasteiger partial charge is 0.339 e. The SMILES string of the molecule is O=C1OC[C@@]23C[C@@H](c4ccoc4)OC(=O)[C@]2(O)CC[C@@]24C(=O)O[C@@H](C[C@H]12)C[C@H]43. The molecule has 2 aliphatic carbocycles. The van der Waals surface area contributed by atoms with E-state index >= 15 is 0 Å². The molecule has 2 saturated carbocycles. The summed E-state index contributed by atoms with van der Waals surface area (Å²) in [6.45, 7) is -0.102. The molecule has 28 heavy (non-hydrogen) atoms. The topological polar surface area (TPSA) is 112 Å². The van der Waals surface area contributed by atoms with Crippen molar-refractivity contribution in [3.05, 3.63) is 24.2 Å². The third kappa shape index (κ3) is 1.65. The number of ether oxygens (including phenoxy) is 3. The van der Waals surface area contributed by atoms with Gasteiger partial charge in [0.2, 0.25) is 0 Å². The maximum absolute atomic E-state index is 13.0. The monoisotopic (exact) mass is 388 g/mol. The van der Waals surface area contributed by atoms with Crippen LogP contribution in [0.15, 0.2) is 23.0 Å². The van der Waals surface area contributed by atoms with Crippen LogP contribution in [0.5, 0.6) is 0 Å². The lowest BCUT2D eigenvalue weighted by atomic mass is 9.40. The van der Waals surface area contributed by atoms with Crippen LogP contribution in [-0.2, 0) is 28.6 Å². The van der Waals surface area contributed by atoms with E-state index in [1.165, 1.54) is 12.5 Å². The molecule has 7 atom stereocenters. The van der Waals surface area contributed by atoms with Gasteiger partial charge in [0.1, 0.15) is 18.8 Å². The van der Waals surface area contributed by atoms with Crippen LogP contribution >= 0.6 is 0 Å². The molecule has 7 rings (SSSR count). The van der Waals surface area contributed by atoms with Crippen molar-refractivity contribution in [1.82, 2.24) is 0 Å². The largest absolute Gasteiger partial charge is 0.472 e. The normalized spacial score (nSPS) is 48.8. The van der Waals surface area contributed by atoms with Gasteiger partial charge >= 0.3 is 17.9 Å². The molecule has 5 bridgehead atoms. The molecule has 8 nitrogen and oxygen atoms in total. The van der Waals surface area contributed by atoms with Crippen molar-refractivity contribution in [1.29, 1.82) is 0 Å². The number of cyclic esters (lactones) is 2. The fourth-order valence-electron chi connectivity index (χ4n) is 6.77. The Kier molecular flexibility index (Phi) is 2.95. The predicted molar refractivity (Wildman–Crippen MR) is 88.3 cm³/mol. The second-order valence-electron chi connectivity index (χ2n) is 8.92. The van der Waals surface area contributed by atoms with Gasteiger partial charge in [0.15, 0.2) is 5.60 Å². The number of hydrogen-bond donors (Lipinski definition) is 1. The summed E-state index contributed by atoms with van der Waals surface area (Å²) in [5.41, 5.74) is -3.24. The Balaban J connectivity index is 1.55. The highest BCUT2D eigenvalue weighted by Gasteiger charge is 2.79. The number of carbonyl (C=O) groups is 3. The van der Waals surface area contributed by atoms with Crippen molar-refractivity contribution in [3.8, 4) is 0 Å². The Morgan fingerprint density at radius 1 is 1.07 bits per heavy atom. The number of furan rings is 1. The van der Waals surface area contributed by atoms with Crippen molar-refractivity contribution in [2.45, 2.75) is 49.9 Å². The van der Waals surface area contributed by atoms with Crippen molar-refractivity contribution in [3.63, 3.8) is 0 Å². The summed E-state index contributed by atoms with van der Waals surface area (Å²) < 4.78 is 21.9. The predicted octanol–water partition coefficient (Wildman–Crippen LogP) is 1.27. The van der Waals surface area contributed by atoms with Crippen molar-refractivity contribution >= 4 is 17.9 Å². The molecule has 1 aromatic heterocycles. The molecular formula is C20H20O8. The van der Waals surface area contributed by atoms with Crippen molar-refractivity contribution in [2.24, 2.45) is 22.7 Å². The molecule has 2 spiro atoms. The van der Waals surface area contributed by atoms with Crippen LogP contribution in [0.3, 0.4) is 0 Å². The number of carbonyl (C=O) groups excluding carboxylic acids is 3. The quantitative estimate of drug-likeness (QED) is 0.565. The van der Waals surface area contributed by atoms with Gasteiger partial charge in [0.25, 0.3) is 0 Å². The second-order valence-corrected chi connectivity index (χ2v) is 8.92. The molecule has 0 unspecified atom stereocenters. The van der Waals surface area contributed by atoms with Gasteiger partial charge < -0.3 is 23.7 Å². The average molecular weight is 388 g/mol. The van der Waals surface area contributed by atoms with Crippen LogP contribution in [0.1, 0.15) is 43.8 Å². The van der Waals surface area contributed by atoms with Crippen LogP contribution in [0.25, 0.3) is 0 Å². The fourth-order valence-corrected chi connectivity index (χ4v) is 6.77. The van der Waals surface area contributed by atoms with Crippen LogP contribution < -0.4 is 0 Å². The number of rotatable bonds is 1. The van der Waals surface area contributed by atoms with Gasteiger partial charge in [-0.1, -0.05) is 0 Å². The van der Waals surface area contributed by atoms with Gasteiger partial charge in [-0.3, -0.25) is 9.59 Å². The van der Waals surface area contributed by atoms with Gasteiger partial charge in [0.05, 0.1) is 29.3 Å². The molecule has 1 N–H and O–H groups in total. The van der Waals surface area contributed by atoms with Crippen molar-refractivity contribution < 1.29 is 38.1 Å². The summed E-state index contributed by atoms with van der Waals surface area (Å²) in [6, 6.07) is 1.71. The van der Waals surface area contributed by atoms with Gasteiger partial charge in [-0.2, -0.15) is 0 Å². The van der Waals surface area contributed by atoms with Gasteiger partial charge in [-0.25, -0.2) is 4.79 Å². The highest BCUT2D eigenvalue weighted by molar-refractivity contribution is 5.90. The van der Waals surface area contributed by atoms with Gasteiger partial charge in [0, 0.05) is 12.0 Å². The Labute approximate surface area is 160 Å². The van der Waals surface area contributed by atoms with Crippen LogP contribution in [0, 0.1) is 22.7 Å². The average Bonchev–Trinajstić information content (AvgIpc) is 3.20. The Bertz CT molecular complexity index is 892. The Morgan fingerprint density at radius 2 is 1.93 bits per heavy atom. The summed E-state index contributed by atoms with van der Waals surface area (Å²) in [7, 11) is 0. The lowest BCUT2D eigenvalue weighted by Crippen LogP contribution is -2.74. The maximum Gasteiger partial charge on any atom is 0.339 e. The third-order valence-corrected chi connectivity index (χ3v) is 8.09. The van der Waals surface area contributed by atoms with E-state index in [1.807, 2.05) is 0 Å². The zero-order valence-corrected chi connectivity index (χ0v) is 15.1. The highest BCUT2D eigenvalue weighted by Crippen LogP contribution is 2.70. The van der Waals surface area contributed by atoms with E-state index in [0.717, 1.165) is 0 Å². The lowest BCUT2D eigenvalue weighted by Gasteiger charge is -2.65. The summed E-state index contributed by atoms with van der Waals surface area (Å²) >= 11 is 0. The summed E-state index contributed by atoms with van der Waals surface area (Å²) in [4.78, 5) is 38.9. The van der Waals surface area contributed by atoms with Crippen molar-refractivity contribution in [2.75, 3.05) is 6.61 Å². The van der Waals surface area contributed by atoms with Gasteiger partial charge in [-0.05, 0) is 37.7 Å². The molecule has 4 saturated heterocycles. The zero-order valence-electron chi connectivity index (χ0n) is 15.1. The third-order valence-electron chi connectivity index (χ3n) is 8.09. The molecule has 6 fully saturated rings. The molecular weight excluding hydrogens is 368 g/mol. The first-order valence-electron chi connectivity index (χ1n) is 9.74. The molecule has 5 heterocycles. The van der Waals surface area contributed by atoms with E-state index < -0.39 is 40.4 Å². The minimum Gasteiger partial charge on any atom is -0.472 e. The Morgan fingerprint density at radius 3 is 2.71 bits per heavy atom. The minimum absolute atomic E-state index is 0.0490. The molecule has 8 heteroatoms. The van der Waals surface area contributed by atoms with E-state index in [9.17, 15) is 19.5 Å². The number of esters is 3. The minimum atomic E-state index is -1.80. The Hall–Kier alpha value is -2.35. The first kappa shape index (κ1) is 16.6. The van der Waals surface area contributed by atoms with Crippen LogP contribution in [0.2, 0.25) is 0 Å². The second kappa shape index (κ2) is 4.97. The maximum atomic E-state index is 13.0. The molecule has 0 radical (unpaired) electrons. The number of hydrogen-bond acceptors (Lipinski definition) is 8. The molecule has 6 aliphatic rings. The highest BCUT2D eigenvalue weighted by atomic mass is 16.6. The first-order chi connectivity index (χ1) is 13.4. The van der Waals surface area contributed by atoms with Gasteiger partial charge in [-0.15, -0.1) is 0 Å². The first-order valence-corrected chi connectivity index (χ1v) is 9.74. The number of fused-ring (bicyclic) bond motifs is 1. The summed E-state index contributed by atoms with van der Waals surface area (Å²) in [6.07, 6.45) is 3.48. The number of aliphatic hydroxyl groups is 1. The fraction of sp³-hybridized carbons (Fsp3) is 0.650. The molecule has 148 valence electrons. The molecule has 4 aliphatic heterocycles. The molecule has 0 aromatic carbocycles. The van der Waals surface area contributed by atoms with E-state index in [1.54, 1.807) is 6.07 Å².